The van der Waals surface area contributed by atoms with Gasteiger partial charge in [0.2, 0.25) is 0 Å². The van der Waals surface area contributed by atoms with Crippen LogP contribution in [0.1, 0.15) is 284 Å². The minimum Gasteiger partial charge on any atom is -0.477 e. The van der Waals surface area contributed by atoms with Gasteiger partial charge in [-0.15, -0.1) is 0 Å². The van der Waals surface area contributed by atoms with Crippen molar-refractivity contribution in [3.8, 4) is 0 Å². The molecule has 1 N–H and O–H groups in total. The Labute approximate surface area is 535 Å². The Bertz CT molecular complexity index is 1890. The van der Waals surface area contributed by atoms with Crippen molar-refractivity contribution >= 4 is 17.9 Å². The Kier molecular flexibility index (Phi) is 63.8. The minimum atomic E-state index is -1.52. The summed E-state index contributed by atoms with van der Waals surface area (Å²) in [6.07, 6.45) is 94.1. The normalized spacial score (nSPS) is 13.5. The smallest absolute Gasteiger partial charge is 0.361 e. The van der Waals surface area contributed by atoms with Gasteiger partial charge in [-0.3, -0.25) is 9.59 Å². The topological polar surface area (TPSA) is 108 Å². The summed E-state index contributed by atoms with van der Waals surface area (Å²) in [5, 5.41) is 9.74. The van der Waals surface area contributed by atoms with Gasteiger partial charge in [-0.05, 0) is 116 Å². The predicted molar refractivity (Wildman–Crippen MR) is 373 cm³/mol. The van der Waals surface area contributed by atoms with Gasteiger partial charge >= 0.3 is 17.9 Å². The maximum absolute atomic E-state index is 12.9. The molecule has 0 bridgehead atoms. The number of carbonyl (C=O) groups excluding carboxylic acids is 2. The molecule has 0 aromatic carbocycles. The van der Waals surface area contributed by atoms with Gasteiger partial charge in [0.15, 0.2) is 6.10 Å². The molecule has 0 aromatic heterocycles. The van der Waals surface area contributed by atoms with Gasteiger partial charge in [0.25, 0.3) is 6.29 Å². The lowest BCUT2D eigenvalue weighted by molar-refractivity contribution is -0.870. The number of esters is 2. The summed E-state index contributed by atoms with van der Waals surface area (Å²) in [7, 11) is 5.97. The van der Waals surface area contributed by atoms with Crippen LogP contribution in [0.5, 0.6) is 0 Å². The van der Waals surface area contributed by atoms with Gasteiger partial charge in [0.1, 0.15) is 13.2 Å². The number of carboxylic acids is 1. The monoisotopic (exact) mass is 1210 g/mol. The van der Waals surface area contributed by atoms with E-state index in [2.05, 4.69) is 148 Å². The Morgan fingerprint density at radius 2 is 0.655 bits per heavy atom. The maximum Gasteiger partial charge on any atom is 0.361 e. The highest BCUT2D eigenvalue weighted by Gasteiger charge is 2.25. The third-order valence-corrected chi connectivity index (χ3v) is 14.9. The van der Waals surface area contributed by atoms with Crippen molar-refractivity contribution in [3.05, 3.63) is 134 Å². The second-order valence-corrected chi connectivity index (χ2v) is 24.5. The molecule has 0 aliphatic heterocycles. The number of carboxylic acid groups (broad SMARTS) is 1. The number of aliphatic carboxylic acids is 1. The first-order chi connectivity index (χ1) is 42.6. The van der Waals surface area contributed by atoms with Crippen LogP contribution in [0.4, 0.5) is 0 Å². The summed E-state index contributed by atoms with van der Waals surface area (Å²) in [6, 6.07) is 0. The molecule has 0 aliphatic rings. The van der Waals surface area contributed by atoms with E-state index in [0.29, 0.717) is 23.9 Å². The molecule has 0 rings (SSSR count). The third kappa shape index (κ3) is 68.8. The van der Waals surface area contributed by atoms with Crippen LogP contribution in [0.3, 0.4) is 0 Å². The Hall–Kier alpha value is -4.57. The lowest BCUT2D eigenvalue weighted by Crippen LogP contribution is -2.40. The number of carbonyl (C=O) groups is 3. The van der Waals surface area contributed by atoms with Crippen molar-refractivity contribution in [2.75, 3.05) is 47.5 Å². The number of hydrogen-bond donors (Lipinski definition) is 1. The molecular formula is C78H132NO8+. The average molecular weight is 1210 g/mol. The number of ether oxygens (including phenoxy) is 4. The molecule has 0 heterocycles. The largest absolute Gasteiger partial charge is 0.477 e. The zero-order valence-electron chi connectivity index (χ0n) is 56.6. The van der Waals surface area contributed by atoms with Gasteiger partial charge in [-0.2, -0.15) is 0 Å². The number of rotatable bonds is 64. The molecule has 0 radical (unpaired) electrons. The quantitative estimate of drug-likeness (QED) is 0.0211. The van der Waals surface area contributed by atoms with E-state index in [1.807, 2.05) is 21.1 Å². The lowest BCUT2D eigenvalue weighted by Gasteiger charge is -2.25. The Morgan fingerprint density at radius 3 is 0.989 bits per heavy atom. The van der Waals surface area contributed by atoms with Crippen LogP contribution in [0.25, 0.3) is 0 Å². The summed E-state index contributed by atoms with van der Waals surface area (Å²) >= 11 is 0. The summed E-state index contributed by atoms with van der Waals surface area (Å²) in [5.74, 6) is -2.02. The van der Waals surface area contributed by atoms with E-state index < -0.39 is 24.3 Å². The number of unbranched alkanes of at least 4 members (excludes halogenated alkanes) is 27. The number of quaternary nitrogens is 1. The molecule has 0 spiro atoms. The molecule has 0 saturated heterocycles. The van der Waals surface area contributed by atoms with Crippen LogP contribution in [-0.2, 0) is 33.3 Å². The van der Waals surface area contributed by atoms with Crippen molar-refractivity contribution in [2.45, 2.75) is 296 Å². The molecule has 496 valence electrons. The van der Waals surface area contributed by atoms with Crippen molar-refractivity contribution in [1.29, 1.82) is 0 Å². The summed E-state index contributed by atoms with van der Waals surface area (Å²) < 4.78 is 23.0. The first-order valence-corrected chi connectivity index (χ1v) is 35.3. The predicted octanol–water partition coefficient (Wildman–Crippen LogP) is 22.1. The van der Waals surface area contributed by atoms with Crippen LogP contribution in [0.2, 0.25) is 0 Å². The van der Waals surface area contributed by atoms with Gasteiger partial charge in [0, 0.05) is 12.8 Å². The van der Waals surface area contributed by atoms with E-state index >= 15 is 0 Å². The van der Waals surface area contributed by atoms with E-state index in [1.165, 1.54) is 141 Å². The first-order valence-electron chi connectivity index (χ1n) is 35.3. The van der Waals surface area contributed by atoms with E-state index in [0.717, 1.165) is 109 Å². The molecule has 9 nitrogen and oxygen atoms in total. The highest BCUT2D eigenvalue weighted by Crippen LogP contribution is 2.16. The minimum absolute atomic E-state index is 0.180. The summed E-state index contributed by atoms with van der Waals surface area (Å²) in [4.78, 5) is 37.6. The molecule has 2 atom stereocenters. The molecule has 9 heteroatoms. The van der Waals surface area contributed by atoms with E-state index in [4.69, 9.17) is 18.9 Å². The van der Waals surface area contributed by atoms with Crippen LogP contribution in [0.15, 0.2) is 134 Å². The SMILES string of the molecule is CC/C=C\C/C=C\C/C=C\C/C=C\C/C=C\C/C=C\C/C=C\C/C=C\C/C=C\C/C=C\CCCCCCCCCCC(=O)OC(COC(=O)CCCCCCCCCCCCC/C=C\CCCCCCCCCC)COC(OCC[N+](C)(C)C)C(=O)O. The molecule has 0 saturated carbocycles. The van der Waals surface area contributed by atoms with Gasteiger partial charge in [-0.1, -0.05) is 289 Å². The molecule has 87 heavy (non-hydrogen) atoms. The fourth-order valence-corrected chi connectivity index (χ4v) is 9.51. The fraction of sp³-hybridized carbons (Fsp3) is 0.679. The van der Waals surface area contributed by atoms with Crippen molar-refractivity contribution in [2.24, 2.45) is 0 Å². The lowest BCUT2D eigenvalue weighted by atomic mass is 10.0. The zero-order chi connectivity index (χ0) is 63.3. The first kappa shape index (κ1) is 82.4. The number of allylic oxidation sites excluding steroid dienone is 22. The van der Waals surface area contributed by atoms with Gasteiger partial charge in [-0.25, -0.2) is 4.79 Å². The highest BCUT2D eigenvalue weighted by molar-refractivity contribution is 5.71. The Balaban J connectivity index is 4.18. The standard InChI is InChI=1S/C78H131NO8/c1-6-8-10-12-14-16-18-20-22-24-26-28-30-31-32-33-34-35-36-37-38-39-40-41-42-43-44-45-47-49-51-53-55-57-59-61-63-65-67-69-76(81)87-74(73-86-78(77(82)83)84-71-70-79(3,4)5)72-85-75(80)68-66-64-62-60-58-56-54-52-50-48-46-29-27-25-23-21-19-17-15-13-11-9-7-2/h8,10,14,16,20,22,25-28,31-32,34-35,37-38,40-41,43-44,47,49,74,78H,6-7,9,11-13,15,17-19,21,23-24,29-30,33,36,39,42,45-46,48,50-73H2,1-5H3/p+1/b10-8-,16-14-,22-20-,27-25-,28-26-,32-31-,35-34-,38-37-,41-40-,44-43-,49-47-. The van der Waals surface area contributed by atoms with Crippen LogP contribution < -0.4 is 0 Å². The van der Waals surface area contributed by atoms with Crippen molar-refractivity contribution in [1.82, 2.24) is 0 Å². The maximum atomic E-state index is 12.9. The molecule has 0 aromatic rings. The number of nitrogens with zero attached hydrogens (tertiary/aromatic N) is 1. The Morgan fingerprint density at radius 1 is 0.356 bits per heavy atom. The molecule has 0 fully saturated rings. The molecule has 0 aliphatic carbocycles. The van der Waals surface area contributed by atoms with Crippen molar-refractivity contribution < 1.29 is 42.9 Å². The summed E-state index contributed by atoms with van der Waals surface area (Å²) in [6.45, 7) is 4.76. The van der Waals surface area contributed by atoms with Crippen LogP contribution >= 0.6 is 0 Å². The number of likely N-dealkylation sites (N-methyl/N-ethyl adjacent to an activating group) is 1. The van der Waals surface area contributed by atoms with Crippen molar-refractivity contribution in [3.63, 3.8) is 0 Å². The van der Waals surface area contributed by atoms with Gasteiger partial charge < -0.3 is 28.5 Å². The second-order valence-electron chi connectivity index (χ2n) is 24.5. The fourth-order valence-electron chi connectivity index (χ4n) is 9.51. The third-order valence-electron chi connectivity index (χ3n) is 14.9. The molecular weight excluding hydrogens is 1080 g/mol. The van der Waals surface area contributed by atoms with Gasteiger partial charge in [0.05, 0.1) is 34.4 Å². The van der Waals surface area contributed by atoms with Crippen LogP contribution in [-0.4, -0.2) is 87.4 Å². The molecule has 2 unspecified atom stereocenters. The molecule has 0 amide bonds. The zero-order valence-corrected chi connectivity index (χ0v) is 56.6. The average Bonchev–Trinajstić information content (AvgIpc) is 3.55. The second kappa shape index (κ2) is 67.4. The van der Waals surface area contributed by atoms with E-state index in [-0.39, 0.29) is 32.2 Å². The van der Waals surface area contributed by atoms with E-state index in [9.17, 15) is 19.5 Å². The number of hydrogen-bond acceptors (Lipinski definition) is 7. The van der Waals surface area contributed by atoms with Crippen LogP contribution in [0, 0.1) is 0 Å². The van der Waals surface area contributed by atoms with E-state index in [1.54, 1.807) is 0 Å². The highest BCUT2D eigenvalue weighted by atomic mass is 16.7. The summed E-state index contributed by atoms with van der Waals surface area (Å²) in [5.41, 5.74) is 0.